The van der Waals surface area contributed by atoms with E-state index < -0.39 is 22.6 Å². The van der Waals surface area contributed by atoms with Gasteiger partial charge in [0.25, 0.3) is 5.91 Å². The quantitative estimate of drug-likeness (QED) is 0.356. The highest BCUT2D eigenvalue weighted by atomic mass is 32.2. The van der Waals surface area contributed by atoms with Crippen LogP contribution in [0.15, 0.2) is 78.9 Å². The number of thioether (sulfide) groups is 1. The third-order valence-corrected chi connectivity index (χ3v) is 10.6. The van der Waals surface area contributed by atoms with E-state index in [2.05, 4.69) is 12.2 Å². The molecule has 0 bridgehead atoms. The van der Waals surface area contributed by atoms with Crippen LogP contribution in [0.3, 0.4) is 0 Å². The molecule has 5 atom stereocenters. The van der Waals surface area contributed by atoms with Crippen LogP contribution in [0.25, 0.3) is 0 Å². The second-order valence-corrected chi connectivity index (χ2v) is 12.8. The highest BCUT2D eigenvalue weighted by Crippen LogP contribution is 2.61. The lowest BCUT2D eigenvalue weighted by Crippen LogP contribution is -2.53. The second-order valence-electron chi connectivity index (χ2n) is 11.3. The number of hydrogen-bond acceptors (Lipinski definition) is 6. The van der Waals surface area contributed by atoms with Gasteiger partial charge in [-0.1, -0.05) is 54.6 Å². The molecular weight excluding hydrogens is 550 g/mol. The van der Waals surface area contributed by atoms with Crippen molar-refractivity contribution in [2.75, 3.05) is 38.3 Å². The minimum atomic E-state index is -0.850. The zero-order valence-corrected chi connectivity index (χ0v) is 24.6. The molecule has 0 aromatic heterocycles. The SMILES string of the molecule is COc1ccc(N2CC=C[C@]34S[C@@H]5C=CCN(Cc6ccccc6)C(=O)[C@@H]5[C@H]3C(=O)N(CCCCCO)C4C2=O)cc1. The molecule has 1 N–H and O–H groups in total. The van der Waals surface area contributed by atoms with Crippen molar-refractivity contribution in [2.45, 2.75) is 41.8 Å². The summed E-state index contributed by atoms with van der Waals surface area (Å²) in [5, 5.41) is 9.11. The number of anilines is 1. The molecule has 1 spiro atoms. The van der Waals surface area contributed by atoms with Gasteiger partial charge in [0, 0.05) is 43.7 Å². The van der Waals surface area contributed by atoms with Gasteiger partial charge in [0.2, 0.25) is 11.8 Å². The summed E-state index contributed by atoms with van der Waals surface area (Å²) in [6, 6.07) is 16.6. The van der Waals surface area contributed by atoms with E-state index in [1.54, 1.807) is 28.7 Å². The van der Waals surface area contributed by atoms with Crippen LogP contribution in [0, 0.1) is 11.8 Å². The van der Waals surface area contributed by atoms with Crippen LogP contribution >= 0.6 is 11.8 Å². The summed E-state index contributed by atoms with van der Waals surface area (Å²) in [6.07, 6.45) is 10.2. The summed E-state index contributed by atoms with van der Waals surface area (Å²) in [4.78, 5) is 48.5. The molecule has 2 saturated heterocycles. The standard InChI is InChI=1S/C33H37N3O5S/c1-41-25-15-13-24(14-16-25)35-20-9-17-33-28(31(39)36(29(33)32(35)40)19-6-3-7-21-37)27-26(42-33)12-8-18-34(30(27)38)22-23-10-4-2-5-11-23/h2,4-5,8-17,26-29,37H,3,6-7,18-22H2,1H3/t26-,27+,28+,29?,33+/m1/s1. The van der Waals surface area contributed by atoms with Gasteiger partial charge in [0.1, 0.15) is 11.8 Å². The van der Waals surface area contributed by atoms with Gasteiger partial charge in [-0.05, 0) is 49.1 Å². The summed E-state index contributed by atoms with van der Waals surface area (Å²) in [6.45, 7) is 1.84. The van der Waals surface area contributed by atoms with Gasteiger partial charge in [-0.15, -0.1) is 11.8 Å². The number of aliphatic hydroxyl groups is 1. The molecular formula is C33H37N3O5S. The van der Waals surface area contributed by atoms with Crippen LogP contribution in [0.5, 0.6) is 5.75 Å². The van der Waals surface area contributed by atoms with E-state index in [1.165, 1.54) is 0 Å². The molecule has 4 heterocycles. The zero-order chi connectivity index (χ0) is 29.3. The van der Waals surface area contributed by atoms with Crippen molar-refractivity contribution < 1.29 is 24.2 Å². The van der Waals surface area contributed by atoms with Crippen LogP contribution < -0.4 is 9.64 Å². The molecule has 0 radical (unpaired) electrons. The molecule has 8 nitrogen and oxygen atoms in total. The normalized spacial score (nSPS) is 28.4. The summed E-state index contributed by atoms with van der Waals surface area (Å²) < 4.78 is 4.47. The summed E-state index contributed by atoms with van der Waals surface area (Å²) >= 11 is 1.60. The molecule has 4 aliphatic rings. The van der Waals surface area contributed by atoms with Crippen molar-refractivity contribution in [3.05, 3.63) is 84.5 Å². The molecule has 4 aliphatic heterocycles. The Morgan fingerprint density at radius 3 is 2.45 bits per heavy atom. The van der Waals surface area contributed by atoms with Crippen molar-refractivity contribution in [2.24, 2.45) is 11.8 Å². The summed E-state index contributed by atoms with van der Waals surface area (Å²) in [5.74, 6) is -0.785. The van der Waals surface area contributed by atoms with Crippen molar-refractivity contribution in [1.29, 1.82) is 0 Å². The van der Waals surface area contributed by atoms with Crippen LogP contribution in [0.4, 0.5) is 5.69 Å². The Hall–Kier alpha value is -3.56. The van der Waals surface area contributed by atoms with Crippen molar-refractivity contribution in [1.82, 2.24) is 9.80 Å². The Morgan fingerprint density at radius 2 is 1.71 bits per heavy atom. The smallest absolute Gasteiger partial charge is 0.251 e. The van der Waals surface area contributed by atoms with Gasteiger partial charge >= 0.3 is 0 Å². The molecule has 2 fully saturated rings. The Bertz CT molecular complexity index is 1380. The first-order valence-electron chi connectivity index (χ1n) is 14.7. The van der Waals surface area contributed by atoms with E-state index in [1.807, 2.05) is 71.6 Å². The Balaban J connectivity index is 1.36. The molecule has 42 heavy (non-hydrogen) atoms. The minimum Gasteiger partial charge on any atom is -0.497 e. The first kappa shape index (κ1) is 28.6. The Morgan fingerprint density at radius 1 is 0.929 bits per heavy atom. The fraction of sp³-hybridized carbons (Fsp3) is 0.424. The van der Waals surface area contributed by atoms with Crippen molar-refractivity contribution in [3.8, 4) is 5.75 Å². The third-order valence-electron chi connectivity index (χ3n) is 8.90. The van der Waals surface area contributed by atoms with Crippen LogP contribution in [-0.4, -0.2) is 82.0 Å². The number of benzene rings is 2. The van der Waals surface area contributed by atoms with Crippen LogP contribution in [0.1, 0.15) is 24.8 Å². The monoisotopic (exact) mass is 587 g/mol. The first-order valence-corrected chi connectivity index (χ1v) is 15.6. The lowest BCUT2D eigenvalue weighted by molar-refractivity contribution is -0.143. The summed E-state index contributed by atoms with van der Waals surface area (Å²) in [5.41, 5.74) is 1.78. The lowest BCUT2D eigenvalue weighted by Gasteiger charge is -2.35. The van der Waals surface area contributed by atoms with E-state index in [9.17, 15) is 19.5 Å². The number of fused-ring (bicyclic) bond motifs is 2. The van der Waals surface area contributed by atoms with Crippen LogP contribution in [-0.2, 0) is 20.9 Å². The average Bonchev–Trinajstić information content (AvgIpc) is 3.32. The average molecular weight is 588 g/mol. The Kier molecular flexibility index (Phi) is 8.14. The number of nitrogens with zero attached hydrogens (tertiary/aromatic N) is 3. The van der Waals surface area contributed by atoms with Gasteiger partial charge in [-0.3, -0.25) is 14.4 Å². The van der Waals surface area contributed by atoms with Gasteiger partial charge in [-0.2, -0.15) is 0 Å². The zero-order valence-electron chi connectivity index (χ0n) is 23.8. The molecule has 1 unspecified atom stereocenters. The maximum absolute atomic E-state index is 14.5. The highest BCUT2D eigenvalue weighted by molar-refractivity contribution is 8.02. The molecule has 3 amide bonds. The number of rotatable bonds is 9. The second kappa shape index (κ2) is 12.0. The van der Waals surface area contributed by atoms with Crippen LogP contribution in [0.2, 0.25) is 0 Å². The van der Waals surface area contributed by atoms with Crippen molar-refractivity contribution in [3.63, 3.8) is 0 Å². The summed E-state index contributed by atoms with van der Waals surface area (Å²) in [7, 11) is 1.60. The van der Waals surface area contributed by atoms with Gasteiger partial charge < -0.3 is 24.5 Å². The van der Waals surface area contributed by atoms with E-state index >= 15 is 0 Å². The predicted octanol–water partition coefficient (Wildman–Crippen LogP) is 3.66. The largest absolute Gasteiger partial charge is 0.497 e. The molecule has 220 valence electrons. The number of unbranched alkanes of at least 4 members (excludes halogenated alkanes) is 2. The first-order chi connectivity index (χ1) is 20.5. The van der Waals surface area contributed by atoms with Gasteiger partial charge in [0.05, 0.1) is 23.7 Å². The maximum atomic E-state index is 14.5. The van der Waals surface area contributed by atoms with Gasteiger partial charge in [0.15, 0.2) is 0 Å². The number of carbonyl (C=O) groups is 3. The molecule has 2 aromatic rings. The lowest BCUT2D eigenvalue weighted by atomic mass is 9.78. The third kappa shape index (κ3) is 4.92. The number of ether oxygens (including phenoxy) is 1. The number of carbonyl (C=O) groups excluding carboxylic acids is 3. The predicted molar refractivity (Wildman–Crippen MR) is 163 cm³/mol. The number of hydrogen-bond donors (Lipinski definition) is 1. The number of methoxy groups -OCH3 is 1. The molecule has 0 aliphatic carbocycles. The van der Waals surface area contributed by atoms with Gasteiger partial charge in [-0.25, -0.2) is 0 Å². The fourth-order valence-electron chi connectivity index (χ4n) is 6.94. The van der Waals surface area contributed by atoms with E-state index in [0.717, 1.165) is 17.7 Å². The molecule has 0 saturated carbocycles. The molecule has 6 rings (SSSR count). The maximum Gasteiger partial charge on any atom is 0.251 e. The highest BCUT2D eigenvalue weighted by Gasteiger charge is 2.70. The number of amides is 3. The Labute approximate surface area is 251 Å². The number of likely N-dealkylation sites (tertiary alicyclic amines) is 1. The van der Waals surface area contributed by atoms with Crippen molar-refractivity contribution >= 4 is 35.2 Å². The number of aliphatic hydroxyl groups excluding tert-OH is 1. The topological polar surface area (TPSA) is 90.4 Å². The molecule has 2 aromatic carbocycles. The molecule has 9 heteroatoms. The van der Waals surface area contributed by atoms with E-state index in [0.29, 0.717) is 44.8 Å². The minimum absolute atomic E-state index is 0.0328. The fourth-order valence-corrected chi connectivity index (χ4v) is 8.95. The van der Waals surface area contributed by atoms with E-state index in [4.69, 9.17) is 4.74 Å². The van der Waals surface area contributed by atoms with E-state index in [-0.39, 0.29) is 29.6 Å².